The van der Waals surface area contributed by atoms with Gasteiger partial charge < -0.3 is 19.9 Å². The third-order valence-corrected chi connectivity index (χ3v) is 3.27. The number of hydrogen-bond donors (Lipinski definition) is 2. The van der Waals surface area contributed by atoms with Crippen molar-refractivity contribution in [2.75, 3.05) is 19.8 Å². The molecule has 5 nitrogen and oxygen atoms in total. The van der Waals surface area contributed by atoms with E-state index in [1.807, 2.05) is 20.8 Å². The maximum Gasteiger partial charge on any atom is 0.159 e. The molecular formula is C18H29NO4. The summed E-state index contributed by atoms with van der Waals surface area (Å²) < 4.78 is 11.3. The third kappa shape index (κ3) is 7.59. The van der Waals surface area contributed by atoms with Gasteiger partial charge in [0, 0.05) is 30.3 Å². The van der Waals surface area contributed by atoms with Crippen LogP contribution in [-0.2, 0) is 11.3 Å². The Bertz CT molecular complexity index is 488. The van der Waals surface area contributed by atoms with Gasteiger partial charge in [0.1, 0.15) is 18.5 Å². The van der Waals surface area contributed by atoms with Gasteiger partial charge >= 0.3 is 0 Å². The lowest BCUT2D eigenvalue weighted by molar-refractivity contribution is 0.0964. The van der Waals surface area contributed by atoms with E-state index in [1.165, 1.54) is 6.92 Å². The molecule has 0 aliphatic heterocycles. The number of hydrogen-bond acceptors (Lipinski definition) is 5. The smallest absolute Gasteiger partial charge is 0.159 e. The number of benzene rings is 1. The van der Waals surface area contributed by atoms with Crippen LogP contribution in [0.4, 0.5) is 0 Å². The molecule has 0 unspecified atom stereocenters. The van der Waals surface area contributed by atoms with E-state index in [2.05, 4.69) is 5.32 Å². The van der Waals surface area contributed by atoms with Gasteiger partial charge in [-0.15, -0.1) is 0 Å². The van der Waals surface area contributed by atoms with Gasteiger partial charge in [0.15, 0.2) is 5.78 Å². The van der Waals surface area contributed by atoms with Gasteiger partial charge in [-0.3, -0.25) is 4.79 Å². The zero-order chi connectivity index (χ0) is 17.2. The number of nitrogens with one attached hydrogen (secondary N) is 1. The molecule has 0 heterocycles. The Labute approximate surface area is 139 Å². The van der Waals surface area contributed by atoms with Crippen LogP contribution in [0.5, 0.6) is 5.75 Å². The number of rotatable bonds is 11. The summed E-state index contributed by atoms with van der Waals surface area (Å²) >= 11 is 0. The van der Waals surface area contributed by atoms with E-state index in [0.29, 0.717) is 37.1 Å². The number of aliphatic hydroxyl groups excluding tert-OH is 1. The predicted molar refractivity (Wildman–Crippen MR) is 91.0 cm³/mol. The molecule has 0 saturated heterocycles. The molecule has 1 aromatic carbocycles. The van der Waals surface area contributed by atoms with Crippen LogP contribution in [0.1, 0.15) is 50.0 Å². The molecule has 0 bridgehead atoms. The van der Waals surface area contributed by atoms with Gasteiger partial charge in [-0.2, -0.15) is 0 Å². The Morgan fingerprint density at radius 2 is 2.09 bits per heavy atom. The van der Waals surface area contributed by atoms with Gasteiger partial charge in [0.25, 0.3) is 0 Å². The molecule has 0 spiro atoms. The Kier molecular flexibility index (Phi) is 8.84. The number of ketones is 1. The van der Waals surface area contributed by atoms with Gasteiger partial charge in [-0.25, -0.2) is 0 Å². The number of carbonyl (C=O) groups excluding carboxylic acids is 1. The number of aliphatic hydroxyl groups is 1. The summed E-state index contributed by atoms with van der Waals surface area (Å²) in [4.78, 5) is 11.5. The molecule has 0 amide bonds. The van der Waals surface area contributed by atoms with Gasteiger partial charge in [0.2, 0.25) is 0 Å². The number of Topliss-reactive ketones (excluding diaryl/α,β-unsaturated/α-hetero) is 1. The molecule has 23 heavy (non-hydrogen) atoms. The highest BCUT2D eigenvalue weighted by molar-refractivity contribution is 5.94. The van der Waals surface area contributed by atoms with Crippen LogP contribution in [-0.4, -0.2) is 42.8 Å². The summed E-state index contributed by atoms with van der Waals surface area (Å²) in [5.74, 6) is 0.657. The summed E-state index contributed by atoms with van der Waals surface area (Å²) in [6, 6.07) is 5.62. The van der Waals surface area contributed by atoms with Crippen LogP contribution in [0.15, 0.2) is 18.2 Å². The third-order valence-electron chi connectivity index (χ3n) is 3.27. The topological polar surface area (TPSA) is 67.8 Å². The fourth-order valence-corrected chi connectivity index (χ4v) is 2.00. The molecule has 1 aromatic rings. The van der Waals surface area contributed by atoms with Crippen LogP contribution in [0.25, 0.3) is 0 Å². The van der Waals surface area contributed by atoms with E-state index in [1.54, 1.807) is 18.2 Å². The van der Waals surface area contributed by atoms with Crippen LogP contribution in [0.3, 0.4) is 0 Å². The van der Waals surface area contributed by atoms with Gasteiger partial charge in [0.05, 0.1) is 6.61 Å². The van der Waals surface area contributed by atoms with E-state index < -0.39 is 6.10 Å². The first-order chi connectivity index (χ1) is 10.9. The Hall–Kier alpha value is -1.43. The molecule has 0 fully saturated rings. The van der Waals surface area contributed by atoms with Crippen LogP contribution in [0, 0.1) is 0 Å². The molecule has 1 atom stereocenters. The lowest BCUT2D eigenvalue weighted by atomic mass is 10.1. The second-order valence-electron chi connectivity index (χ2n) is 5.96. The van der Waals surface area contributed by atoms with Crippen LogP contribution >= 0.6 is 0 Å². The zero-order valence-corrected chi connectivity index (χ0v) is 14.6. The Morgan fingerprint density at radius 1 is 1.35 bits per heavy atom. The van der Waals surface area contributed by atoms with Gasteiger partial charge in [-0.05, 0) is 31.5 Å². The van der Waals surface area contributed by atoms with E-state index >= 15 is 0 Å². The first-order valence-corrected chi connectivity index (χ1v) is 8.19. The minimum absolute atomic E-state index is 0.00876. The lowest BCUT2D eigenvalue weighted by Gasteiger charge is -2.17. The summed E-state index contributed by atoms with van der Waals surface area (Å²) in [5, 5.41) is 13.1. The molecule has 0 aromatic heterocycles. The SMILES string of the molecule is CCCOCc1cc(C(C)=O)ccc1OC[C@H](O)CNC(C)C. The highest BCUT2D eigenvalue weighted by Crippen LogP contribution is 2.22. The minimum atomic E-state index is -0.589. The molecule has 0 radical (unpaired) electrons. The average molecular weight is 323 g/mol. The van der Waals surface area contributed by atoms with Crippen LogP contribution < -0.4 is 10.1 Å². The summed E-state index contributed by atoms with van der Waals surface area (Å²) in [6.45, 7) is 9.35. The standard InChI is InChI=1S/C18H29NO4/c1-5-8-22-11-16-9-15(14(4)20)6-7-18(16)23-12-17(21)10-19-13(2)3/h6-7,9,13,17,19,21H,5,8,10-12H2,1-4H3/t17-/m1/s1. The molecule has 0 saturated carbocycles. The molecule has 0 aliphatic rings. The largest absolute Gasteiger partial charge is 0.490 e. The van der Waals surface area contributed by atoms with Gasteiger partial charge in [-0.1, -0.05) is 20.8 Å². The quantitative estimate of drug-likeness (QED) is 0.484. The monoisotopic (exact) mass is 323 g/mol. The second-order valence-corrected chi connectivity index (χ2v) is 5.96. The van der Waals surface area contributed by atoms with Crippen molar-refractivity contribution in [2.24, 2.45) is 0 Å². The molecule has 130 valence electrons. The number of carbonyl (C=O) groups is 1. The van der Waals surface area contributed by atoms with Crippen molar-refractivity contribution >= 4 is 5.78 Å². The number of ether oxygens (including phenoxy) is 2. The van der Waals surface area contributed by atoms with E-state index in [0.717, 1.165) is 12.0 Å². The summed E-state index contributed by atoms with van der Waals surface area (Å²) in [6.07, 6.45) is 0.344. The molecular weight excluding hydrogens is 294 g/mol. The van der Waals surface area contributed by atoms with Crippen molar-refractivity contribution in [3.8, 4) is 5.75 Å². The minimum Gasteiger partial charge on any atom is -0.490 e. The lowest BCUT2D eigenvalue weighted by Crippen LogP contribution is -2.35. The maximum absolute atomic E-state index is 11.5. The summed E-state index contributed by atoms with van der Waals surface area (Å²) in [5.41, 5.74) is 1.46. The molecule has 5 heteroatoms. The highest BCUT2D eigenvalue weighted by Gasteiger charge is 2.11. The van der Waals surface area contributed by atoms with E-state index in [4.69, 9.17) is 9.47 Å². The van der Waals surface area contributed by atoms with Crippen LogP contribution in [0.2, 0.25) is 0 Å². The fraction of sp³-hybridized carbons (Fsp3) is 0.611. The Morgan fingerprint density at radius 3 is 2.70 bits per heavy atom. The van der Waals surface area contributed by atoms with Crippen molar-refractivity contribution in [3.63, 3.8) is 0 Å². The highest BCUT2D eigenvalue weighted by atomic mass is 16.5. The molecule has 1 rings (SSSR count). The van der Waals surface area contributed by atoms with Crippen molar-refractivity contribution in [2.45, 2.75) is 52.9 Å². The van der Waals surface area contributed by atoms with Crippen molar-refractivity contribution in [3.05, 3.63) is 29.3 Å². The maximum atomic E-state index is 11.5. The average Bonchev–Trinajstić information content (AvgIpc) is 2.51. The van der Waals surface area contributed by atoms with Crippen molar-refractivity contribution in [1.29, 1.82) is 0 Å². The fourth-order valence-electron chi connectivity index (χ4n) is 2.00. The normalized spacial score (nSPS) is 12.4. The van der Waals surface area contributed by atoms with E-state index in [9.17, 15) is 9.90 Å². The second kappa shape index (κ2) is 10.4. The zero-order valence-electron chi connectivity index (χ0n) is 14.6. The Balaban J connectivity index is 2.69. The summed E-state index contributed by atoms with van der Waals surface area (Å²) in [7, 11) is 0. The first-order valence-electron chi connectivity index (χ1n) is 8.19. The van der Waals surface area contributed by atoms with Crippen molar-refractivity contribution in [1.82, 2.24) is 5.32 Å². The predicted octanol–water partition coefficient (Wildman–Crippen LogP) is 2.55. The van der Waals surface area contributed by atoms with Crippen molar-refractivity contribution < 1.29 is 19.4 Å². The molecule has 0 aliphatic carbocycles. The first kappa shape index (κ1) is 19.6. The van der Waals surface area contributed by atoms with E-state index in [-0.39, 0.29) is 12.4 Å². The molecule has 2 N–H and O–H groups in total.